The number of nitriles is 1. The van der Waals surface area contributed by atoms with E-state index in [9.17, 15) is 9.18 Å². The van der Waals surface area contributed by atoms with Gasteiger partial charge >= 0.3 is 0 Å². The van der Waals surface area contributed by atoms with Gasteiger partial charge in [-0.2, -0.15) is 5.26 Å². The van der Waals surface area contributed by atoms with Crippen LogP contribution in [0.15, 0.2) is 24.3 Å². The van der Waals surface area contributed by atoms with E-state index < -0.39 is 6.04 Å². The molecule has 1 aliphatic carbocycles. The summed E-state index contributed by atoms with van der Waals surface area (Å²) in [5, 5.41) is 9.13. The minimum absolute atomic E-state index is 0.000810. The topological polar surface area (TPSA) is 44.1 Å². The summed E-state index contributed by atoms with van der Waals surface area (Å²) >= 11 is 0. The molecular weight excluding hydrogens is 219 g/mol. The zero-order valence-electron chi connectivity index (χ0n) is 9.56. The van der Waals surface area contributed by atoms with Gasteiger partial charge in [-0.15, -0.1) is 0 Å². The fraction of sp³-hybridized carbons (Fsp3) is 0.385. The smallest absolute Gasteiger partial charge is 0.226 e. The number of carbonyl (C=O) groups is 1. The van der Waals surface area contributed by atoms with Crippen LogP contribution in [0.1, 0.15) is 24.4 Å². The molecule has 0 radical (unpaired) electrons. The molecule has 1 unspecified atom stereocenters. The Balaban J connectivity index is 2.18. The molecule has 0 N–H and O–H groups in total. The standard InChI is InChI=1S/C13H13FN2O/c1-16(13(17)10-2-3-10)12(8-15)9-4-6-11(14)7-5-9/h4-7,10,12H,2-3H2,1H3. The lowest BCUT2D eigenvalue weighted by molar-refractivity contribution is -0.132. The van der Waals surface area contributed by atoms with Gasteiger partial charge in [-0.3, -0.25) is 4.79 Å². The zero-order valence-corrected chi connectivity index (χ0v) is 9.56. The molecule has 0 aliphatic heterocycles. The predicted molar refractivity (Wildman–Crippen MR) is 60.2 cm³/mol. The van der Waals surface area contributed by atoms with Crippen LogP contribution in [-0.2, 0) is 4.79 Å². The van der Waals surface area contributed by atoms with Crippen molar-refractivity contribution < 1.29 is 9.18 Å². The first-order chi connectivity index (χ1) is 8.13. The maximum Gasteiger partial charge on any atom is 0.226 e. The minimum Gasteiger partial charge on any atom is -0.326 e. The molecule has 1 aromatic carbocycles. The molecule has 0 saturated heterocycles. The summed E-state index contributed by atoms with van der Waals surface area (Å²) in [4.78, 5) is 13.3. The summed E-state index contributed by atoms with van der Waals surface area (Å²) in [6, 6.07) is 7.13. The molecule has 88 valence electrons. The van der Waals surface area contributed by atoms with Crippen LogP contribution in [0.5, 0.6) is 0 Å². The van der Waals surface area contributed by atoms with Gasteiger partial charge in [-0.1, -0.05) is 12.1 Å². The van der Waals surface area contributed by atoms with E-state index >= 15 is 0 Å². The molecule has 1 aliphatic rings. The first kappa shape index (κ1) is 11.6. The van der Waals surface area contributed by atoms with Gasteiger partial charge in [0.1, 0.15) is 11.9 Å². The molecule has 17 heavy (non-hydrogen) atoms. The molecule has 4 heteroatoms. The molecule has 1 atom stereocenters. The van der Waals surface area contributed by atoms with E-state index in [1.165, 1.54) is 17.0 Å². The fourth-order valence-electron chi connectivity index (χ4n) is 1.78. The number of amides is 1. The van der Waals surface area contributed by atoms with Crippen LogP contribution in [0, 0.1) is 23.1 Å². The number of carbonyl (C=O) groups excluding carboxylic acids is 1. The summed E-state index contributed by atoms with van der Waals surface area (Å²) in [5.74, 6) is -0.265. The molecule has 1 saturated carbocycles. The largest absolute Gasteiger partial charge is 0.326 e. The molecule has 3 nitrogen and oxygen atoms in total. The fourth-order valence-corrected chi connectivity index (χ4v) is 1.78. The van der Waals surface area contributed by atoms with Crippen molar-refractivity contribution in [1.82, 2.24) is 4.90 Å². The van der Waals surface area contributed by atoms with E-state index in [0.717, 1.165) is 12.8 Å². The van der Waals surface area contributed by atoms with E-state index in [4.69, 9.17) is 5.26 Å². The second kappa shape index (κ2) is 4.54. The quantitative estimate of drug-likeness (QED) is 0.802. The first-order valence-electron chi connectivity index (χ1n) is 5.55. The van der Waals surface area contributed by atoms with E-state index in [1.54, 1.807) is 19.2 Å². The molecule has 0 bridgehead atoms. The van der Waals surface area contributed by atoms with Crippen LogP contribution in [0.3, 0.4) is 0 Å². The number of rotatable bonds is 3. The van der Waals surface area contributed by atoms with Crippen LogP contribution in [-0.4, -0.2) is 17.9 Å². The molecule has 1 amide bonds. The highest BCUT2D eigenvalue weighted by molar-refractivity contribution is 5.81. The monoisotopic (exact) mass is 232 g/mol. The SMILES string of the molecule is CN(C(=O)C1CC1)C(C#N)c1ccc(F)cc1. The van der Waals surface area contributed by atoms with Gasteiger partial charge in [0.2, 0.25) is 5.91 Å². The first-order valence-corrected chi connectivity index (χ1v) is 5.55. The van der Waals surface area contributed by atoms with Crippen molar-refractivity contribution in [3.05, 3.63) is 35.6 Å². The lowest BCUT2D eigenvalue weighted by atomic mass is 10.1. The highest BCUT2D eigenvalue weighted by Gasteiger charge is 2.34. The van der Waals surface area contributed by atoms with Crippen LogP contribution in [0.2, 0.25) is 0 Å². The Bertz CT molecular complexity index is 459. The molecule has 0 spiro atoms. The van der Waals surface area contributed by atoms with E-state index in [2.05, 4.69) is 6.07 Å². The highest BCUT2D eigenvalue weighted by atomic mass is 19.1. The molecular formula is C13H13FN2O. The van der Waals surface area contributed by atoms with Gasteiger partial charge in [0, 0.05) is 13.0 Å². The number of hydrogen-bond acceptors (Lipinski definition) is 2. The number of hydrogen-bond donors (Lipinski definition) is 0. The summed E-state index contributed by atoms with van der Waals surface area (Å²) in [5.41, 5.74) is 0.644. The molecule has 2 rings (SSSR count). The van der Waals surface area contributed by atoms with Crippen LogP contribution in [0.25, 0.3) is 0 Å². The molecule has 1 fully saturated rings. The average molecular weight is 232 g/mol. The van der Waals surface area contributed by atoms with Crippen molar-refractivity contribution in [2.45, 2.75) is 18.9 Å². The van der Waals surface area contributed by atoms with Crippen molar-refractivity contribution in [3.8, 4) is 6.07 Å². The summed E-state index contributed by atoms with van der Waals surface area (Å²) in [6.45, 7) is 0. The van der Waals surface area contributed by atoms with Crippen LogP contribution < -0.4 is 0 Å². The second-order valence-electron chi connectivity index (χ2n) is 4.31. The average Bonchev–Trinajstić information content (AvgIpc) is 3.15. The van der Waals surface area contributed by atoms with E-state index in [0.29, 0.717) is 5.56 Å². The lowest BCUT2D eigenvalue weighted by Crippen LogP contribution is -2.31. The third-order valence-electron chi connectivity index (χ3n) is 2.97. The molecule has 1 aromatic rings. The number of nitrogens with zero attached hydrogens (tertiary/aromatic N) is 2. The maximum absolute atomic E-state index is 12.8. The van der Waals surface area contributed by atoms with E-state index in [1.807, 2.05) is 0 Å². The van der Waals surface area contributed by atoms with E-state index in [-0.39, 0.29) is 17.6 Å². The van der Waals surface area contributed by atoms with Gasteiger partial charge in [-0.05, 0) is 30.5 Å². The van der Waals surface area contributed by atoms with Crippen molar-refractivity contribution in [2.24, 2.45) is 5.92 Å². The van der Waals surface area contributed by atoms with Gasteiger partial charge in [0.05, 0.1) is 6.07 Å². The van der Waals surface area contributed by atoms with Crippen LogP contribution >= 0.6 is 0 Å². The van der Waals surface area contributed by atoms with Crippen molar-refractivity contribution >= 4 is 5.91 Å². The Labute approximate surface area is 99.5 Å². The Morgan fingerprint density at radius 3 is 2.53 bits per heavy atom. The van der Waals surface area contributed by atoms with Gasteiger partial charge in [0.25, 0.3) is 0 Å². The third-order valence-corrected chi connectivity index (χ3v) is 2.97. The Kier molecular flexibility index (Phi) is 3.10. The summed E-state index contributed by atoms with van der Waals surface area (Å²) < 4.78 is 12.8. The Hall–Kier alpha value is -1.89. The summed E-state index contributed by atoms with van der Waals surface area (Å²) in [7, 11) is 1.62. The van der Waals surface area contributed by atoms with Gasteiger partial charge < -0.3 is 4.90 Å². The number of halogens is 1. The Morgan fingerprint density at radius 2 is 2.06 bits per heavy atom. The number of benzene rings is 1. The molecule has 0 heterocycles. The Morgan fingerprint density at radius 1 is 1.47 bits per heavy atom. The third kappa shape index (κ3) is 2.44. The normalized spacial score (nSPS) is 16.1. The highest BCUT2D eigenvalue weighted by Crippen LogP contribution is 2.33. The predicted octanol–water partition coefficient (Wildman–Crippen LogP) is 2.26. The van der Waals surface area contributed by atoms with Crippen molar-refractivity contribution in [2.75, 3.05) is 7.05 Å². The maximum atomic E-state index is 12.8. The van der Waals surface area contributed by atoms with Crippen LogP contribution in [0.4, 0.5) is 4.39 Å². The van der Waals surface area contributed by atoms with Crippen molar-refractivity contribution in [1.29, 1.82) is 5.26 Å². The lowest BCUT2D eigenvalue weighted by Gasteiger charge is -2.23. The van der Waals surface area contributed by atoms with Gasteiger partial charge in [0.15, 0.2) is 0 Å². The minimum atomic E-state index is -0.635. The summed E-state index contributed by atoms with van der Waals surface area (Å²) in [6.07, 6.45) is 1.81. The zero-order chi connectivity index (χ0) is 12.4. The van der Waals surface area contributed by atoms with Gasteiger partial charge in [-0.25, -0.2) is 4.39 Å². The second-order valence-corrected chi connectivity index (χ2v) is 4.31. The molecule has 0 aromatic heterocycles. The van der Waals surface area contributed by atoms with Crippen molar-refractivity contribution in [3.63, 3.8) is 0 Å².